The molecule has 2 N–H and O–H groups in total. The zero-order valence-corrected chi connectivity index (χ0v) is 15.1. The van der Waals surface area contributed by atoms with E-state index in [2.05, 4.69) is 27.5 Å². The van der Waals surface area contributed by atoms with Gasteiger partial charge in [-0.15, -0.1) is 11.3 Å². The van der Waals surface area contributed by atoms with Crippen molar-refractivity contribution < 1.29 is 9.53 Å². The maximum Gasteiger partial charge on any atom is 0.341 e. The third-order valence-electron chi connectivity index (χ3n) is 3.93. The van der Waals surface area contributed by atoms with Gasteiger partial charge in [0.25, 0.3) is 0 Å². The average molecular weight is 362 g/mol. The number of carbonyl (C=O) groups is 1. The molecular weight excluding hydrogens is 344 g/mol. The van der Waals surface area contributed by atoms with Gasteiger partial charge in [0.2, 0.25) is 0 Å². The van der Waals surface area contributed by atoms with Gasteiger partial charge in [-0.25, -0.2) is 9.78 Å². The molecule has 1 unspecified atom stereocenters. The van der Waals surface area contributed by atoms with E-state index in [4.69, 9.17) is 17.0 Å². The summed E-state index contributed by atoms with van der Waals surface area (Å²) >= 11 is 6.90. The number of anilines is 2. The van der Waals surface area contributed by atoms with Crippen molar-refractivity contribution >= 4 is 45.5 Å². The number of hydrogen-bond donors (Lipinski definition) is 2. The lowest BCUT2D eigenvalue weighted by Gasteiger charge is -2.18. The number of methoxy groups -OCH3 is 1. The summed E-state index contributed by atoms with van der Waals surface area (Å²) in [6.07, 6.45) is 7.70. The normalized spacial score (nSPS) is 16.2. The lowest BCUT2D eigenvalue weighted by Crippen LogP contribution is -2.21. The van der Waals surface area contributed by atoms with Gasteiger partial charge in [0.05, 0.1) is 18.9 Å². The lowest BCUT2D eigenvalue weighted by atomic mass is 9.88. The molecule has 8 heteroatoms. The van der Waals surface area contributed by atoms with Crippen LogP contribution < -0.4 is 10.6 Å². The summed E-state index contributed by atoms with van der Waals surface area (Å²) in [5, 5.41) is 7.17. The van der Waals surface area contributed by atoms with Crippen molar-refractivity contribution in [3.63, 3.8) is 0 Å². The van der Waals surface area contributed by atoms with E-state index in [1.54, 1.807) is 29.9 Å². The van der Waals surface area contributed by atoms with Gasteiger partial charge >= 0.3 is 5.97 Å². The average Bonchev–Trinajstić information content (AvgIpc) is 2.91. The second-order valence-electron chi connectivity index (χ2n) is 5.72. The van der Waals surface area contributed by atoms with Gasteiger partial charge in [0.1, 0.15) is 5.00 Å². The van der Waals surface area contributed by atoms with Crippen molar-refractivity contribution in [2.75, 3.05) is 17.7 Å². The molecule has 3 rings (SSSR count). The van der Waals surface area contributed by atoms with Crippen molar-refractivity contribution in [3.05, 3.63) is 34.6 Å². The molecule has 1 aliphatic rings. The van der Waals surface area contributed by atoms with Gasteiger partial charge in [0.15, 0.2) is 10.9 Å². The van der Waals surface area contributed by atoms with Crippen LogP contribution in [0.25, 0.3) is 0 Å². The number of nitrogens with one attached hydrogen (secondary N) is 2. The molecule has 0 fully saturated rings. The van der Waals surface area contributed by atoms with Gasteiger partial charge in [-0.1, -0.05) is 6.92 Å². The monoisotopic (exact) mass is 362 g/mol. The summed E-state index contributed by atoms with van der Waals surface area (Å²) in [5.74, 6) is 0.843. The van der Waals surface area contributed by atoms with E-state index in [1.807, 2.05) is 0 Å². The molecule has 1 aliphatic carbocycles. The van der Waals surface area contributed by atoms with Gasteiger partial charge in [-0.2, -0.15) is 0 Å². The van der Waals surface area contributed by atoms with E-state index in [0.29, 0.717) is 22.4 Å². The number of esters is 1. The van der Waals surface area contributed by atoms with Gasteiger partial charge in [0, 0.05) is 17.3 Å². The number of hydrogen-bond acceptors (Lipinski definition) is 6. The molecule has 0 saturated carbocycles. The number of thiophene rings is 1. The Bertz CT molecular complexity index is 761. The fourth-order valence-corrected chi connectivity index (χ4v) is 4.45. The van der Waals surface area contributed by atoms with E-state index in [-0.39, 0.29) is 5.97 Å². The Hall–Kier alpha value is -2.06. The van der Waals surface area contributed by atoms with E-state index in [0.717, 1.165) is 29.8 Å². The summed E-state index contributed by atoms with van der Waals surface area (Å²) in [7, 11) is 1.40. The standard InChI is InChI=1S/C16H18N4O2S2/c1-9-3-4-10-11(7-9)24-14(13(10)15(21)22-2)20-16(23)19-12-8-17-5-6-18-12/h5-6,8-9H,3-4,7H2,1-2H3,(H2,18,19,20,23). The molecule has 2 aromatic heterocycles. The van der Waals surface area contributed by atoms with Crippen molar-refractivity contribution in [2.24, 2.45) is 5.92 Å². The van der Waals surface area contributed by atoms with Crippen molar-refractivity contribution in [2.45, 2.75) is 26.2 Å². The Kier molecular flexibility index (Phi) is 5.06. The number of nitrogens with zero attached hydrogens (tertiary/aromatic N) is 2. The first kappa shape index (κ1) is 16.8. The fraction of sp³-hybridized carbons (Fsp3) is 0.375. The molecule has 1 atom stereocenters. The van der Waals surface area contributed by atoms with Crippen molar-refractivity contribution in [1.82, 2.24) is 9.97 Å². The fourth-order valence-electron chi connectivity index (χ4n) is 2.77. The van der Waals surface area contributed by atoms with Crippen LogP contribution in [0, 0.1) is 5.92 Å². The quantitative estimate of drug-likeness (QED) is 0.641. The molecule has 2 aromatic rings. The predicted octanol–water partition coefficient (Wildman–Crippen LogP) is 3.26. The Balaban J connectivity index is 1.84. The topological polar surface area (TPSA) is 76.1 Å². The first-order valence-electron chi connectivity index (χ1n) is 7.65. The van der Waals surface area contributed by atoms with Gasteiger partial charge in [-0.05, 0) is 43.0 Å². The highest BCUT2D eigenvalue weighted by molar-refractivity contribution is 7.80. The van der Waals surface area contributed by atoms with Gasteiger partial charge in [-0.3, -0.25) is 4.98 Å². The molecule has 126 valence electrons. The Morgan fingerprint density at radius 3 is 2.96 bits per heavy atom. The SMILES string of the molecule is COC(=O)c1c(NC(=S)Nc2cnccn2)sc2c1CCC(C)C2. The van der Waals surface area contributed by atoms with E-state index in [9.17, 15) is 4.79 Å². The molecule has 0 aromatic carbocycles. The van der Waals surface area contributed by atoms with Crippen LogP contribution in [-0.4, -0.2) is 28.2 Å². The summed E-state index contributed by atoms with van der Waals surface area (Å²) in [4.78, 5) is 21.6. The van der Waals surface area contributed by atoms with E-state index < -0.39 is 0 Å². The number of ether oxygens (including phenoxy) is 1. The highest BCUT2D eigenvalue weighted by atomic mass is 32.1. The maximum atomic E-state index is 12.2. The lowest BCUT2D eigenvalue weighted by molar-refractivity contribution is 0.0601. The minimum Gasteiger partial charge on any atom is -0.465 e. The summed E-state index contributed by atoms with van der Waals surface area (Å²) in [6, 6.07) is 0. The number of fused-ring (bicyclic) bond motifs is 1. The molecule has 0 spiro atoms. The third kappa shape index (κ3) is 3.54. The highest BCUT2D eigenvalue weighted by Gasteiger charge is 2.28. The molecule has 0 saturated heterocycles. The van der Waals surface area contributed by atoms with Crippen molar-refractivity contribution in [3.8, 4) is 0 Å². The Morgan fingerprint density at radius 2 is 2.25 bits per heavy atom. The Labute approximate surface area is 149 Å². The van der Waals surface area contributed by atoms with Crippen LogP contribution in [0.15, 0.2) is 18.6 Å². The van der Waals surface area contributed by atoms with Crippen LogP contribution in [0.2, 0.25) is 0 Å². The molecule has 0 amide bonds. The summed E-state index contributed by atoms with van der Waals surface area (Å²) in [5.41, 5.74) is 1.70. The van der Waals surface area contributed by atoms with Crippen LogP contribution in [-0.2, 0) is 17.6 Å². The second-order valence-corrected chi connectivity index (χ2v) is 7.23. The van der Waals surface area contributed by atoms with E-state index in [1.165, 1.54) is 12.0 Å². The first-order valence-corrected chi connectivity index (χ1v) is 8.87. The minimum atomic E-state index is -0.327. The zero-order chi connectivity index (χ0) is 17.1. The number of aromatic nitrogens is 2. The van der Waals surface area contributed by atoms with Crippen LogP contribution in [0.1, 0.15) is 34.1 Å². The number of carbonyl (C=O) groups excluding carboxylic acids is 1. The molecule has 24 heavy (non-hydrogen) atoms. The van der Waals surface area contributed by atoms with Crippen LogP contribution >= 0.6 is 23.6 Å². The number of rotatable bonds is 3. The number of thiocarbonyl (C=S) groups is 1. The van der Waals surface area contributed by atoms with Crippen molar-refractivity contribution in [1.29, 1.82) is 0 Å². The molecular formula is C16H18N4O2S2. The minimum absolute atomic E-state index is 0.327. The first-order chi connectivity index (χ1) is 11.6. The highest BCUT2D eigenvalue weighted by Crippen LogP contribution is 2.40. The third-order valence-corrected chi connectivity index (χ3v) is 5.31. The predicted molar refractivity (Wildman–Crippen MR) is 98.7 cm³/mol. The Morgan fingerprint density at radius 1 is 1.42 bits per heavy atom. The van der Waals surface area contributed by atoms with E-state index >= 15 is 0 Å². The largest absolute Gasteiger partial charge is 0.465 e. The molecule has 2 heterocycles. The molecule has 6 nitrogen and oxygen atoms in total. The van der Waals surface area contributed by atoms with Crippen LogP contribution in [0.4, 0.5) is 10.8 Å². The molecule has 0 radical (unpaired) electrons. The summed E-state index contributed by atoms with van der Waals surface area (Å²) < 4.78 is 4.97. The smallest absolute Gasteiger partial charge is 0.341 e. The summed E-state index contributed by atoms with van der Waals surface area (Å²) in [6.45, 7) is 2.23. The maximum absolute atomic E-state index is 12.2. The van der Waals surface area contributed by atoms with Gasteiger partial charge < -0.3 is 15.4 Å². The van der Waals surface area contributed by atoms with Crippen LogP contribution in [0.5, 0.6) is 0 Å². The van der Waals surface area contributed by atoms with Crippen LogP contribution in [0.3, 0.4) is 0 Å². The second kappa shape index (κ2) is 7.23. The molecule has 0 aliphatic heterocycles. The zero-order valence-electron chi connectivity index (χ0n) is 13.5. The molecule has 0 bridgehead atoms.